The Kier molecular flexibility index (Phi) is 3.83. The second kappa shape index (κ2) is 6.35. The minimum atomic E-state index is 0.717. The number of aromatic amines is 1. The number of amidine groups is 1. The van der Waals surface area contributed by atoms with Crippen molar-refractivity contribution in [1.29, 1.82) is 0 Å². The van der Waals surface area contributed by atoms with Gasteiger partial charge in [0.15, 0.2) is 0 Å². The standard InChI is InChI=1S/C22H17BrN4/c1-13-18(7-4-10-24-13)25-21-12-17-16-11-14(23)8-9-20(16)27-22(17)15-5-2-3-6-19(15)26-21/h2-11,27H,12H2,1H3,(H,25,26). The highest BCUT2D eigenvalue weighted by Crippen LogP contribution is 2.39. The first kappa shape index (κ1) is 16.3. The van der Waals surface area contributed by atoms with E-state index in [1.54, 1.807) is 6.20 Å². The molecule has 2 aromatic heterocycles. The zero-order chi connectivity index (χ0) is 18.4. The SMILES string of the molecule is Cc1ncccc1NC1=Nc2ccccc2-c2[nH]c3ccc(Br)cc3c2C1. The lowest BCUT2D eigenvalue weighted by Gasteiger charge is -2.11. The molecule has 0 radical (unpaired) electrons. The van der Waals surface area contributed by atoms with Crippen molar-refractivity contribution < 1.29 is 0 Å². The fourth-order valence-corrected chi connectivity index (χ4v) is 3.97. The zero-order valence-corrected chi connectivity index (χ0v) is 16.3. The van der Waals surface area contributed by atoms with E-state index in [4.69, 9.17) is 4.99 Å². The maximum absolute atomic E-state index is 4.94. The number of hydrogen-bond acceptors (Lipinski definition) is 3. The van der Waals surface area contributed by atoms with E-state index in [1.807, 2.05) is 25.1 Å². The predicted octanol–water partition coefficient (Wildman–Crippen LogP) is 6.00. The second-order valence-electron chi connectivity index (χ2n) is 6.68. The molecule has 2 aromatic carbocycles. The van der Waals surface area contributed by atoms with Crippen molar-refractivity contribution in [1.82, 2.24) is 9.97 Å². The largest absolute Gasteiger partial charge is 0.354 e. The molecule has 0 atom stereocenters. The second-order valence-corrected chi connectivity index (χ2v) is 7.60. The summed E-state index contributed by atoms with van der Waals surface area (Å²) in [6, 6.07) is 18.6. The van der Waals surface area contributed by atoms with Gasteiger partial charge in [-0.05, 0) is 48.9 Å². The third-order valence-corrected chi connectivity index (χ3v) is 5.42. The number of para-hydroxylation sites is 1. The number of fused-ring (bicyclic) bond motifs is 5. The Hall–Kier alpha value is -2.92. The summed E-state index contributed by atoms with van der Waals surface area (Å²) in [5.41, 5.74) is 7.56. The van der Waals surface area contributed by atoms with Crippen LogP contribution in [0.25, 0.3) is 22.2 Å². The van der Waals surface area contributed by atoms with Gasteiger partial charge in [0.25, 0.3) is 0 Å². The van der Waals surface area contributed by atoms with Gasteiger partial charge in [-0.1, -0.05) is 34.1 Å². The lowest BCUT2D eigenvalue weighted by atomic mass is 10.0. The highest BCUT2D eigenvalue weighted by molar-refractivity contribution is 9.10. The van der Waals surface area contributed by atoms with Gasteiger partial charge in [-0.3, -0.25) is 4.98 Å². The maximum Gasteiger partial charge on any atom is 0.111 e. The Morgan fingerprint density at radius 3 is 2.85 bits per heavy atom. The smallest absolute Gasteiger partial charge is 0.111 e. The average molecular weight is 417 g/mol. The number of nitrogens with zero attached hydrogens (tertiary/aromatic N) is 2. The fraction of sp³-hybridized carbons (Fsp3) is 0.0909. The molecule has 1 aliphatic heterocycles. The molecule has 0 saturated heterocycles. The monoisotopic (exact) mass is 416 g/mol. The van der Waals surface area contributed by atoms with Gasteiger partial charge in [0, 0.05) is 33.6 Å². The lowest BCUT2D eigenvalue weighted by Crippen LogP contribution is -2.15. The number of benzene rings is 2. The molecule has 1 aliphatic rings. The van der Waals surface area contributed by atoms with E-state index in [0.717, 1.165) is 50.6 Å². The number of anilines is 1. The Balaban J connectivity index is 1.70. The van der Waals surface area contributed by atoms with Gasteiger partial charge in [0.1, 0.15) is 5.84 Å². The fourth-order valence-electron chi connectivity index (χ4n) is 3.61. The number of pyridine rings is 1. The van der Waals surface area contributed by atoms with Crippen LogP contribution in [0.1, 0.15) is 11.3 Å². The Bertz CT molecular complexity index is 1210. The van der Waals surface area contributed by atoms with Gasteiger partial charge in [-0.25, -0.2) is 4.99 Å². The first-order valence-corrected chi connectivity index (χ1v) is 9.64. The summed E-state index contributed by atoms with van der Waals surface area (Å²) >= 11 is 3.61. The lowest BCUT2D eigenvalue weighted by molar-refractivity contribution is 1.20. The number of H-pyrrole nitrogens is 1. The molecule has 4 aromatic rings. The van der Waals surface area contributed by atoms with E-state index in [0.29, 0.717) is 0 Å². The van der Waals surface area contributed by atoms with Crippen LogP contribution < -0.4 is 5.32 Å². The molecule has 2 N–H and O–H groups in total. The van der Waals surface area contributed by atoms with Crippen LogP contribution in [0.4, 0.5) is 11.4 Å². The van der Waals surface area contributed by atoms with Crippen molar-refractivity contribution in [2.24, 2.45) is 4.99 Å². The summed E-state index contributed by atoms with van der Waals surface area (Å²) in [5, 5.41) is 4.72. The van der Waals surface area contributed by atoms with Crippen LogP contribution in [0.5, 0.6) is 0 Å². The van der Waals surface area contributed by atoms with Gasteiger partial charge < -0.3 is 10.3 Å². The summed E-state index contributed by atoms with van der Waals surface area (Å²) in [6.45, 7) is 2.00. The third-order valence-electron chi connectivity index (χ3n) is 4.93. The van der Waals surface area contributed by atoms with Crippen molar-refractivity contribution in [2.45, 2.75) is 13.3 Å². The molecule has 3 heterocycles. The number of halogens is 1. The zero-order valence-electron chi connectivity index (χ0n) is 14.8. The van der Waals surface area contributed by atoms with Crippen LogP contribution in [0.15, 0.2) is 70.3 Å². The molecule has 0 amide bonds. The third kappa shape index (κ3) is 2.84. The normalized spacial score (nSPS) is 12.9. The van der Waals surface area contributed by atoms with Gasteiger partial charge in [-0.2, -0.15) is 0 Å². The Labute approximate surface area is 165 Å². The molecule has 4 nitrogen and oxygen atoms in total. The van der Waals surface area contributed by atoms with Crippen molar-refractivity contribution in [3.05, 3.63) is 76.5 Å². The number of aryl methyl sites for hydroxylation is 1. The average Bonchev–Trinajstić information content (AvgIpc) is 2.93. The van der Waals surface area contributed by atoms with E-state index in [2.05, 4.69) is 67.6 Å². The number of nitrogens with one attached hydrogen (secondary N) is 2. The van der Waals surface area contributed by atoms with Crippen LogP contribution in [-0.2, 0) is 6.42 Å². The first-order chi connectivity index (χ1) is 13.2. The highest BCUT2D eigenvalue weighted by atomic mass is 79.9. The number of aromatic nitrogens is 2. The van der Waals surface area contributed by atoms with Gasteiger partial charge in [0.2, 0.25) is 0 Å². The molecule has 0 spiro atoms. The van der Waals surface area contributed by atoms with E-state index >= 15 is 0 Å². The van der Waals surface area contributed by atoms with Crippen molar-refractivity contribution in [2.75, 3.05) is 5.32 Å². The van der Waals surface area contributed by atoms with E-state index < -0.39 is 0 Å². The molecule has 5 heteroatoms. The molecule has 0 unspecified atom stereocenters. The maximum atomic E-state index is 4.94. The topological polar surface area (TPSA) is 53.1 Å². The molecule has 0 aliphatic carbocycles. The molecule has 27 heavy (non-hydrogen) atoms. The molecule has 5 rings (SSSR count). The van der Waals surface area contributed by atoms with Crippen molar-refractivity contribution in [3.63, 3.8) is 0 Å². The van der Waals surface area contributed by atoms with Crippen LogP contribution in [0.3, 0.4) is 0 Å². The van der Waals surface area contributed by atoms with Crippen LogP contribution in [0, 0.1) is 6.92 Å². The van der Waals surface area contributed by atoms with E-state index in [9.17, 15) is 0 Å². The summed E-state index contributed by atoms with van der Waals surface area (Å²) in [6.07, 6.45) is 2.52. The van der Waals surface area contributed by atoms with Gasteiger partial charge >= 0.3 is 0 Å². The molecule has 0 fully saturated rings. The summed E-state index contributed by atoms with van der Waals surface area (Å²) in [5.74, 6) is 0.915. The predicted molar refractivity (Wildman–Crippen MR) is 115 cm³/mol. The quantitative estimate of drug-likeness (QED) is 0.399. The molecule has 132 valence electrons. The summed E-state index contributed by atoms with van der Waals surface area (Å²) in [4.78, 5) is 12.9. The van der Waals surface area contributed by atoms with Crippen molar-refractivity contribution >= 4 is 44.0 Å². The molecule has 0 saturated carbocycles. The minimum absolute atomic E-state index is 0.717. The van der Waals surface area contributed by atoms with Crippen LogP contribution >= 0.6 is 15.9 Å². The molecule has 0 bridgehead atoms. The van der Waals surface area contributed by atoms with E-state index in [1.165, 1.54) is 10.9 Å². The van der Waals surface area contributed by atoms with Crippen LogP contribution in [-0.4, -0.2) is 15.8 Å². The number of hydrogen-bond donors (Lipinski definition) is 2. The van der Waals surface area contributed by atoms with E-state index in [-0.39, 0.29) is 0 Å². The van der Waals surface area contributed by atoms with Gasteiger partial charge in [-0.15, -0.1) is 0 Å². The summed E-state index contributed by atoms with van der Waals surface area (Å²) < 4.78 is 1.07. The minimum Gasteiger partial charge on any atom is -0.354 e. The Morgan fingerprint density at radius 1 is 1.07 bits per heavy atom. The van der Waals surface area contributed by atoms with Gasteiger partial charge in [0.05, 0.1) is 22.8 Å². The number of aliphatic imine (C=N–C) groups is 1. The molecular weight excluding hydrogens is 400 g/mol. The highest BCUT2D eigenvalue weighted by Gasteiger charge is 2.21. The molecular formula is C22H17BrN4. The van der Waals surface area contributed by atoms with Crippen LogP contribution in [0.2, 0.25) is 0 Å². The number of rotatable bonds is 1. The Morgan fingerprint density at radius 2 is 1.96 bits per heavy atom. The van der Waals surface area contributed by atoms with Crippen molar-refractivity contribution in [3.8, 4) is 11.3 Å². The summed E-state index contributed by atoms with van der Waals surface area (Å²) in [7, 11) is 0. The first-order valence-electron chi connectivity index (χ1n) is 8.85.